The highest BCUT2D eigenvalue weighted by atomic mass is 35.5. The molecule has 1 aromatic heterocycles. The number of carbonyl (C=O) groups excluding carboxylic acids is 2. The topological polar surface area (TPSA) is 74.3 Å². The van der Waals surface area contributed by atoms with Crippen molar-refractivity contribution in [3.05, 3.63) is 50.3 Å². The molecule has 0 saturated carbocycles. The van der Waals surface area contributed by atoms with Crippen molar-refractivity contribution in [2.75, 3.05) is 13.6 Å². The van der Waals surface area contributed by atoms with Crippen LogP contribution in [0.5, 0.6) is 0 Å². The van der Waals surface area contributed by atoms with Gasteiger partial charge >= 0.3 is 0 Å². The molecule has 0 bridgehead atoms. The number of hydrogen-bond acceptors (Lipinski definition) is 5. The van der Waals surface area contributed by atoms with Crippen molar-refractivity contribution in [3.63, 3.8) is 0 Å². The second-order valence-electron chi connectivity index (χ2n) is 8.86. The smallest absolute Gasteiger partial charge is 0.250 e. The number of thiazole rings is 1. The third-order valence-corrected chi connectivity index (χ3v) is 8.10. The molecule has 34 heavy (non-hydrogen) atoms. The van der Waals surface area contributed by atoms with E-state index in [0.29, 0.717) is 16.6 Å². The van der Waals surface area contributed by atoms with Crippen LogP contribution in [0.4, 0.5) is 0 Å². The first-order valence-electron chi connectivity index (χ1n) is 11.8. The van der Waals surface area contributed by atoms with Crippen molar-refractivity contribution >= 4 is 46.4 Å². The Hall–Kier alpha value is -1.93. The molecule has 0 radical (unpaired) electrons. The van der Waals surface area contributed by atoms with Gasteiger partial charge in [-0.3, -0.25) is 9.59 Å². The molecular formula is C25H30Cl2N4O2S. The number of hydrogen-bond donors (Lipinski definition) is 2. The molecule has 2 aliphatic rings. The number of aromatic nitrogens is 1. The summed E-state index contributed by atoms with van der Waals surface area (Å²) in [5.74, 6) is -0.217. The second-order valence-corrected chi connectivity index (χ2v) is 10.6. The van der Waals surface area contributed by atoms with Gasteiger partial charge in [-0.15, -0.1) is 11.3 Å². The summed E-state index contributed by atoms with van der Waals surface area (Å²) in [6.45, 7) is 2.45. The summed E-state index contributed by atoms with van der Waals surface area (Å²) >= 11 is 14.0. The minimum Gasteiger partial charge on any atom is -0.339 e. The molecule has 4 rings (SSSR count). The Morgan fingerprint density at radius 2 is 2.06 bits per heavy atom. The molecular weight excluding hydrogens is 491 g/mol. The molecule has 1 aromatic carbocycles. The number of allylic oxidation sites excluding steroid dienone is 1. The minimum absolute atomic E-state index is 0.0476. The molecule has 0 unspecified atom stereocenters. The van der Waals surface area contributed by atoms with Crippen LogP contribution in [-0.2, 0) is 9.59 Å². The van der Waals surface area contributed by atoms with Gasteiger partial charge in [0, 0.05) is 22.5 Å². The van der Waals surface area contributed by atoms with Crippen LogP contribution in [0.25, 0.3) is 11.3 Å². The van der Waals surface area contributed by atoms with Crippen LogP contribution >= 0.6 is 34.5 Å². The van der Waals surface area contributed by atoms with Crippen LogP contribution in [0.3, 0.4) is 0 Å². The van der Waals surface area contributed by atoms with Gasteiger partial charge in [0.1, 0.15) is 11.0 Å². The number of nitrogens with zero attached hydrogens (tertiary/aromatic N) is 2. The van der Waals surface area contributed by atoms with Crippen LogP contribution in [0.15, 0.2) is 35.2 Å². The van der Waals surface area contributed by atoms with Gasteiger partial charge in [-0.05, 0) is 76.3 Å². The first-order valence-corrected chi connectivity index (χ1v) is 13.4. The van der Waals surface area contributed by atoms with E-state index in [9.17, 15) is 9.59 Å². The van der Waals surface area contributed by atoms with Crippen molar-refractivity contribution in [2.24, 2.45) is 0 Å². The summed E-state index contributed by atoms with van der Waals surface area (Å²) in [7, 11) is 1.74. The van der Waals surface area contributed by atoms with Crippen LogP contribution in [0, 0.1) is 0 Å². The highest BCUT2D eigenvalue weighted by Gasteiger charge is 2.38. The molecule has 2 aromatic rings. The normalized spacial score (nSPS) is 20.1. The van der Waals surface area contributed by atoms with E-state index in [1.54, 1.807) is 26.1 Å². The van der Waals surface area contributed by atoms with Gasteiger partial charge in [0.15, 0.2) is 0 Å². The molecule has 1 fully saturated rings. The lowest BCUT2D eigenvalue weighted by molar-refractivity contribution is -0.136. The van der Waals surface area contributed by atoms with Gasteiger partial charge in [-0.25, -0.2) is 4.98 Å². The van der Waals surface area contributed by atoms with Crippen LogP contribution in [-0.4, -0.2) is 47.4 Å². The zero-order valence-corrected chi connectivity index (χ0v) is 21.8. The van der Waals surface area contributed by atoms with E-state index in [1.165, 1.54) is 11.3 Å². The van der Waals surface area contributed by atoms with E-state index in [4.69, 9.17) is 28.2 Å². The summed E-state index contributed by atoms with van der Waals surface area (Å²) in [4.78, 5) is 33.3. The number of halogens is 2. The predicted molar refractivity (Wildman–Crippen MR) is 138 cm³/mol. The van der Waals surface area contributed by atoms with E-state index in [0.717, 1.165) is 60.4 Å². The van der Waals surface area contributed by atoms with Crippen LogP contribution in [0.2, 0.25) is 10.0 Å². The first kappa shape index (κ1) is 25.2. The third-order valence-electron chi connectivity index (χ3n) is 6.61. The van der Waals surface area contributed by atoms with E-state index >= 15 is 0 Å². The third kappa shape index (κ3) is 5.48. The molecule has 182 valence electrons. The summed E-state index contributed by atoms with van der Waals surface area (Å²) in [5, 5.41) is 9.97. The summed E-state index contributed by atoms with van der Waals surface area (Å²) in [6.07, 6.45) is 7.81. The second kappa shape index (κ2) is 11.2. The van der Waals surface area contributed by atoms with Gasteiger partial charge < -0.3 is 15.5 Å². The number of likely N-dealkylation sites (tertiary alicyclic amines) is 1. The predicted octanol–water partition coefficient (Wildman–Crippen LogP) is 5.37. The van der Waals surface area contributed by atoms with Crippen LogP contribution in [0.1, 0.15) is 56.5 Å². The molecule has 1 aliphatic carbocycles. The Morgan fingerprint density at radius 1 is 1.24 bits per heavy atom. The standard InChI is InChI=1S/C25H30Cl2N4O2S/c1-15(28-2)23(32)30-22(16-7-4-3-5-8-16)25(33)31-12-6-9-21(31)24-29-20(14-34-24)18-11-10-17(26)13-19(18)27/h7,10-11,13-15,21-22,28H,3-6,8-9,12H2,1-2H3,(H,30,32)/t15-,21-,22-/m0/s1. The fraction of sp³-hybridized carbons (Fsp3) is 0.480. The maximum absolute atomic E-state index is 13.8. The Balaban J connectivity index is 1.58. The monoisotopic (exact) mass is 520 g/mol. The number of nitrogens with one attached hydrogen (secondary N) is 2. The zero-order valence-electron chi connectivity index (χ0n) is 19.4. The lowest BCUT2D eigenvalue weighted by atomic mass is 9.92. The van der Waals surface area contributed by atoms with Crippen LogP contribution < -0.4 is 10.6 Å². The van der Waals surface area contributed by atoms with E-state index in [2.05, 4.69) is 16.7 Å². The Labute approximate surface area is 214 Å². The SMILES string of the molecule is CN[C@@H](C)C(=O)N[C@H](C(=O)N1CCC[C@H]1c1nc(-c2ccc(Cl)cc2Cl)cs1)C1=CCCCC1. The van der Waals surface area contributed by atoms with Crippen molar-refractivity contribution in [1.82, 2.24) is 20.5 Å². The average Bonchev–Trinajstić information content (AvgIpc) is 3.52. The van der Waals surface area contributed by atoms with Gasteiger partial charge in [0.05, 0.1) is 22.8 Å². The summed E-state index contributed by atoms with van der Waals surface area (Å²) in [5.41, 5.74) is 2.62. The Kier molecular flexibility index (Phi) is 8.30. The lowest BCUT2D eigenvalue weighted by Gasteiger charge is -2.31. The van der Waals surface area contributed by atoms with Gasteiger partial charge in [0.2, 0.25) is 11.8 Å². The van der Waals surface area contributed by atoms with E-state index in [1.807, 2.05) is 16.3 Å². The van der Waals surface area contributed by atoms with Crippen molar-refractivity contribution < 1.29 is 9.59 Å². The maximum Gasteiger partial charge on any atom is 0.250 e. The minimum atomic E-state index is -0.630. The molecule has 3 atom stereocenters. The number of likely N-dealkylation sites (N-methyl/N-ethyl adjacent to an activating group) is 1. The average molecular weight is 522 g/mol. The van der Waals surface area contributed by atoms with Gasteiger partial charge in [-0.1, -0.05) is 29.3 Å². The highest BCUT2D eigenvalue weighted by Crippen LogP contribution is 2.38. The summed E-state index contributed by atoms with van der Waals surface area (Å²) in [6, 6.07) is 4.26. The quantitative estimate of drug-likeness (QED) is 0.481. The molecule has 2 amide bonds. The molecule has 9 heteroatoms. The fourth-order valence-electron chi connectivity index (χ4n) is 4.55. The van der Waals surface area contributed by atoms with Crippen molar-refractivity contribution in [3.8, 4) is 11.3 Å². The van der Waals surface area contributed by atoms with Crippen molar-refractivity contribution in [1.29, 1.82) is 0 Å². The molecule has 2 heterocycles. The Morgan fingerprint density at radius 3 is 2.76 bits per heavy atom. The van der Waals surface area contributed by atoms with Crippen molar-refractivity contribution in [2.45, 2.75) is 63.6 Å². The number of amides is 2. The molecule has 6 nitrogen and oxygen atoms in total. The Bertz CT molecular complexity index is 1090. The molecule has 0 spiro atoms. The largest absolute Gasteiger partial charge is 0.339 e. The summed E-state index contributed by atoms with van der Waals surface area (Å²) < 4.78 is 0. The van der Waals surface area contributed by atoms with Gasteiger partial charge in [-0.2, -0.15) is 0 Å². The zero-order chi connectivity index (χ0) is 24.2. The fourth-order valence-corrected chi connectivity index (χ4v) is 6.02. The number of rotatable bonds is 7. The van der Waals surface area contributed by atoms with E-state index in [-0.39, 0.29) is 23.9 Å². The van der Waals surface area contributed by atoms with E-state index < -0.39 is 6.04 Å². The highest BCUT2D eigenvalue weighted by molar-refractivity contribution is 7.10. The molecule has 1 saturated heterocycles. The number of benzene rings is 1. The maximum atomic E-state index is 13.8. The number of carbonyl (C=O) groups is 2. The van der Waals surface area contributed by atoms with Gasteiger partial charge in [0.25, 0.3) is 0 Å². The lowest BCUT2D eigenvalue weighted by Crippen LogP contribution is -2.53. The molecule has 1 aliphatic heterocycles. The molecule has 2 N–H and O–H groups in total. The first-order chi connectivity index (χ1) is 16.4.